The number of carbonyl (C=O) groups is 1. The summed E-state index contributed by atoms with van der Waals surface area (Å²) in [5, 5.41) is 5.36. The monoisotopic (exact) mass is 363 g/mol. The summed E-state index contributed by atoms with van der Waals surface area (Å²) >= 11 is 0. The Labute approximate surface area is 159 Å². The van der Waals surface area contributed by atoms with E-state index in [1.807, 2.05) is 56.4 Å². The van der Waals surface area contributed by atoms with Gasteiger partial charge in [-0.15, -0.1) is 0 Å². The predicted octanol–water partition coefficient (Wildman–Crippen LogP) is 3.74. The molecule has 6 nitrogen and oxygen atoms in total. The highest BCUT2D eigenvalue weighted by Crippen LogP contribution is 2.33. The van der Waals surface area contributed by atoms with Crippen LogP contribution in [0.1, 0.15) is 59.0 Å². The van der Waals surface area contributed by atoms with E-state index < -0.39 is 0 Å². The van der Waals surface area contributed by atoms with Crippen LogP contribution in [0.15, 0.2) is 30.6 Å². The first-order valence-electron chi connectivity index (χ1n) is 9.58. The number of aromatic nitrogens is 4. The molecule has 6 heteroatoms. The Bertz CT molecular complexity index is 979. The molecule has 1 fully saturated rings. The van der Waals surface area contributed by atoms with Crippen LogP contribution in [0.2, 0.25) is 0 Å². The van der Waals surface area contributed by atoms with Crippen LogP contribution >= 0.6 is 0 Å². The SMILES string of the molecule is Cc1cc(C(=O)N2CCCCCC2c2ccncc2)c2c(C)nn(C)c2n1. The number of nitrogens with zero attached hydrogens (tertiary/aromatic N) is 5. The molecule has 0 spiro atoms. The highest BCUT2D eigenvalue weighted by Gasteiger charge is 2.29. The molecule has 3 aromatic rings. The third kappa shape index (κ3) is 3.20. The van der Waals surface area contributed by atoms with E-state index in [2.05, 4.69) is 15.1 Å². The van der Waals surface area contributed by atoms with Crippen LogP contribution in [0, 0.1) is 13.8 Å². The van der Waals surface area contributed by atoms with Gasteiger partial charge in [-0.1, -0.05) is 12.8 Å². The van der Waals surface area contributed by atoms with Crippen LogP contribution in [0.25, 0.3) is 11.0 Å². The fourth-order valence-electron chi connectivity index (χ4n) is 4.18. The lowest BCUT2D eigenvalue weighted by Crippen LogP contribution is -2.35. The second kappa shape index (κ2) is 7.10. The maximum atomic E-state index is 13.7. The molecule has 0 aromatic carbocycles. The Morgan fingerprint density at radius 2 is 1.93 bits per heavy atom. The van der Waals surface area contributed by atoms with Gasteiger partial charge in [-0.05, 0) is 50.5 Å². The molecule has 0 N–H and O–H groups in total. The molecular weight excluding hydrogens is 338 g/mol. The zero-order valence-corrected chi connectivity index (χ0v) is 16.1. The summed E-state index contributed by atoms with van der Waals surface area (Å²) in [5.74, 6) is 0.0744. The number of rotatable bonds is 2. The fraction of sp³-hybridized carbons (Fsp3) is 0.429. The Morgan fingerprint density at radius 1 is 1.15 bits per heavy atom. The Balaban J connectivity index is 1.82. The smallest absolute Gasteiger partial charge is 0.255 e. The van der Waals surface area contributed by atoms with Gasteiger partial charge in [0, 0.05) is 31.7 Å². The van der Waals surface area contributed by atoms with Crippen molar-refractivity contribution in [3.05, 3.63) is 53.1 Å². The quantitative estimate of drug-likeness (QED) is 0.696. The van der Waals surface area contributed by atoms with Gasteiger partial charge in [0.15, 0.2) is 5.65 Å². The van der Waals surface area contributed by atoms with Crippen molar-refractivity contribution in [3.8, 4) is 0 Å². The lowest BCUT2D eigenvalue weighted by molar-refractivity contribution is 0.0682. The van der Waals surface area contributed by atoms with Crippen molar-refractivity contribution in [2.24, 2.45) is 7.05 Å². The zero-order chi connectivity index (χ0) is 19.0. The lowest BCUT2D eigenvalue weighted by Gasteiger charge is -2.31. The molecule has 0 bridgehead atoms. The minimum Gasteiger partial charge on any atom is -0.332 e. The molecule has 1 saturated heterocycles. The van der Waals surface area contributed by atoms with E-state index in [1.165, 1.54) is 0 Å². The molecule has 1 amide bonds. The number of hydrogen-bond acceptors (Lipinski definition) is 4. The summed E-state index contributed by atoms with van der Waals surface area (Å²) in [4.78, 5) is 24.5. The van der Waals surface area contributed by atoms with Crippen LogP contribution in [0.4, 0.5) is 0 Å². The van der Waals surface area contributed by atoms with Gasteiger partial charge in [0.2, 0.25) is 0 Å². The molecule has 1 aliphatic heterocycles. The van der Waals surface area contributed by atoms with Crippen LogP contribution in [-0.2, 0) is 7.05 Å². The lowest BCUT2D eigenvalue weighted by atomic mass is 10.0. The molecule has 140 valence electrons. The van der Waals surface area contributed by atoms with Crippen molar-refractivity contribution < 1.29 is 4.79 Å². The van der Waals surface area contributed by atoms with E-state index in [1.54, 1.807) is 4.68 Å². The predicted molar refractivity (Wildman–Crippen MR) is 104 cm³/mol. The van der Waals surface area contributed by atoms with Gasteiger partial charge in [0.25, 0.3) is 5.91 Å². The summed E-state index contributed by atoms with van der Waals surface area (Å²) < 4.78 is 1.76. The average molecular weight is 363 g/mol. The topological polar surface area (TPSA) is 63.9 Å². The maximum absolute atomic E-state index is 13.7. The first kappa shape index (κ1) is 17.6. The largest absolute Gasteiger partial charge is 0.332 e. The molecule has 1 atom stereocenters. The van der Waals surface area contributed by atoms with Gasteiger partial charge in [0.1, 0.15) is 0 Å². The van der Waals surface area contributed by atoms with Crippen molar-refractivity contribution >= 4 is 16.9 Å². The molecule has 27 heavy (non-hydrogen) atoms. The van der Waals surface area contributed by atoms with Crippen molar-refractivity contribution in [2.45, 2.75) is 45.6 Å². The number of carbonyl (C=O) groups excluding carboxylic acids is 1. The van der Waals surface area contributed by atoms with E-state index in [4.69, 9.17) is 0 Å². The average Bonchev–Trinajstić information content (AvgIpc) is 2.85. The van der Waals surface area contributed by atoms with Crippen molar-refractivity contribution in [2.75, 3.05) is 6.54 Å². The first-order chi connectivity index (χ1) is 13.1. The minimum atomic E-state index is 0.0744. The number of aryl methyl sites for hydroxylation is 3. The third-order valence-electron chi connectivity index (χ3n) is 5.43. The molecule has 0 aliphatic carbocycles. The molecule has 4 rings (SSSR count). The highest BCUT2D eigenvalue weighted by molar-refractivity contribution is 6.06. The fourth-order valence-corrected chi connectivity index (χ4v) is 4.18. The summed E-state index contributed by atoms with van der Waals surface area (Å²) in [6, 6.07) is 6.05. The van der Waals surface area contributed by atoms with Crippen LogP contribution in [-0.4, -0.2) is 37.1 Å². The molecular formula is C21H25N5O. The highest BCUT2D eigenvalue weighted by atomic mass is 16.2. The Hall–Kier alpha value is -2.76. The van der Waals surface area contributed by atoms with Crippen LogP contribution < -0.4 is 0 Å². The number of likely N-dealkylation sites (tertiary alicyclic amines) is 1. The minimum absolute atomic E-state index is 0.0744. The maximum Gasteiger partial charge on any atom is 0.255 e. The van der Waals surface area contributed by atoms with E-state index in [9.17, 15) is 4.79 Å². The summed E-state index contributed by atoms with van der Waals surface area (Å²) in [7, 11) is 1.88. The number of fused-ring (bicyclic) bond motifs is 1. The second-order valence-electron chi connectivity index (χ2n) is 7.36. The van der Waals surface area contributed by atoms with E-state index in [0.717, 1.165) is 60.2 Å². The third-order valence-corrected chi connectivity index (χ3v) is 5.43. The summed E-state index contributed by atoms with van der Waals surface area (Å²) in [6.07, 6.45) is 7.92. The molecule has 0 radical (unpaired) electrons. The molecule has 1 aliphatic rings. The van der Waals surface area contributed by atoms with Gasteiger partial charge < -0.3 is 4.90 Å². The van der Waals surface area contributed by atoms with Gasteiger partial charge >= 0.3 is 0 Å². The Kier molecular flexibility index (Phi) is 4.64. The summed E-state index contributed by atoms with van der Waals surface area (Å²) in [5.41, 5.74) is 4.32. The van der Waals surface area contributed by atoms with Crippen molar-refractivity contribution in [1.82, 2.24) is 24.6 Å². The number of hydrogen-bond donors (Lipinski definition) is 0. The van der Waals surface area contributed by atoms with Crippen molar-refractivity contribution in [3.63, 3.8) is 0 Å². The van der Waals surface area contributed by atoms with Gasteiger partial charge in [-0.25, -0.2) is 4.98 Å². The zero-order valence-electron chi connectivity index (χ0n) is 16.1. The van der Waals surface area contributed by atoms with E-state index in [0.29, 0.717) is 5.56 Å². The normalized spacial score (nSPS) is 17.9. The van der Waals surface area contributed by atoms with Gasteiger partial charge in [-0.3, -0.25) is 14.5 Å². The van der Waals surface area contributed by atoms with Crippen molar-refractivity contribution in [1.29, 1.82) is 0 Å². The number of pyridine rings is 2. The Morgan fingerprint density at radius 3 is 2.70 bits per heavy atom. The van der Waals surface area contributed by atoms with Gasteiger partial charge in [0.05, 0.1) is 22.7 Å². The van der Waals surface area contributed by atoms with E-state index in [-0.39, 0.29) is 11.9 Å². The molecule has 3 aromatic heterocycles. The number of amides is 1. The van der Waals surface area contributed by atoms with Gasteiger partial charge in [-0.2, -0.15) is 5.10 Å². The summed E-state index contributed by atoms with van der Waals surface area (Å²) in [6.45, 7) is 4.65. The molecule has 0 saturated carbocycles. The molecule has 1 unspecified atom stereocenters. The first-order valence-corrected chi connectivity index (χ1v) is 9.58. The van der Waals surface area contributed by atoms with Crippen LogP contribution in [0.5, 0.6) is 0 Å². The second-order valence-corrected chi connectivity index (χ2v) is 7.36. The van der Waals surface area contributed by atoms with E-state index >= 15 is 0 Å². The molecule has 4 heterocycles. The standard InChI is InChI=1S/C21H25N5O/c1-14-13-17(19-15(2)24-25(3)20(19)23-14)21(27)26-12-6-4-5-7-18(26)16-8-10-22-11-9-16/h8-11,13,18H,4-7,12H2,1-3H3. The van der Waals surface area contributed by atoms with Crippen LogP contribution in [0.3, 0.4) is 0 Å².